The molecular weight excluding hydrogens is 462 g/mol. The van der Waals surface area contributed by atoms with Gasteiger partial charge in [0.15, 0.2) is 0 Å². The Kier molecular flexibility index (Phi) is 5.73. The van der Waals surface area contributed by atoms with Crippen molar-refractivity contribution in [3.05, 3.63) is 80.0 Å². The van der Waals surface area contributed by atoms with Crippen molar-refractivity contribution in [3.63, 3.8) is 0 Å². The first-order valence-corrected chi connectivity index (χ1v) is 10.6. The van der Waals surface area contributed by atoms with Gasteiger partial charge in [-0.2, -0.15) is 5.10 Å². The number of carboxylic acids is 1. The van der Waals surface area contributed by atoms with Gasteiger partial charge in [-0.05, 0) is 47.7 Å². The molecule has 1 amide bonds. The quantitative estimate of drug-likeness (QED) is 0.571. The van der Waals surface area contributed by atoms with Crippen molar-refractivity contribution in [2.24, 2.45) is 5.10 Å². The number of hydrazone groups is 1. The molecule has 0 saturated heterocycles. The summed E-state index contributed by atoms with van der Waals surface area (Å²) in [5.41, 5.74) is 3.41. The molecule has 31 heavy (non-hydrogen) atoms. The van der Waals surface area contributed by atoms with Gasteiger partial charge in [0.2, 0.25) is 5.91 Å². The van der Waals surface area contributed by atoms with Gasteiger partial charge in [0.1, 0.15) is 0 Å². The molecule has 1 aromatic heterocycles. The van der Waals surface area contributed by atoms with Gasteiger partial charge < -0.3 is 10.1 Å². The van der Waals surface area contributed by atoms with E-state index in [0.717, 1.165) is 26.5 Å². The number of nitrogens with one attached hydrogen (secondary N) is 1. The Morgan fingerprint density at radius 1 is 1.16 bits per heavy atom. The van der Waals surface area contributed by atoms with Crippen LogP contribution in [0, 0.1) is 6.92 Å². The zero-order chi connectivity index (χ0) is 22.1. The molecule has 2 N–H and O–H groups in total. The topological polar surface area (TPSA) is 103 Å². The van der Waals surface area contributed by atoms with E-state index in [0.29, 0.717) is 17.7 Å². The summed E-state index contributed by atoms with van der Waals surface area (Å²) in [7, 11) is 0. The molecule has 7 nitrogen and oxygen atoms in total. The predicted octanol–water partition coefficient (Wildman–Crippen LogP) is 4.14. The molecule has 1 aliphatic heterocycles. The number of carboxylic acid groups (broad SMARTS) is 1. The first-order valence-electron chi connectivity index (χ1n) is 9.82. The number of carbonyl (C=O) groups is 2. The molecular formula is C23H20BrN3O4. The van der Waals surface area contributed by atoms with E-state index in [1.807, 2.05) is 49.4 Å². The number of aryl methyl sites for hydroxylation is 1. The normalized spacial score (nSPS) is 15.9. The Balaban J connectivity index is 1.74. The molecule has 158 valence electrons. The minimum Gasteiger partial charge on any atom is -0.481 e. The number of carbonyl (C=O) groups excluding carboxylic acids is 1. The molecule has 0 radical (unpaired) electrons. The highest BCUT2D eigenvalue weighted by Crippen LogP contribution is 2.33. The summed E-state index contributed by atoms with van der Waals surface area (Å²) in [6, 6.07) is 14.5. The van der Waals surface area contributed by atoms with Crippen LogP contribution < -0.4 is 5.56 Å². The molecule has 0 unspecified atom stereocenters. The summed E-state index contributed by atoms with van der Waals surface area (Å²) in [6.07, 6.45) is -0.118. The van der Waals surface area contributed by atoms with Crippen molar-refractivity contribution in [1.29, 1.82) is 0 Å². The van der Waals surface area contributed by atoms with Gasteiger partial charge in [-0.3, -0.25) is 14.4 Å². The van der Waals surface area contributed by atoms with Crippen LogP contribution in [-0.4, -0.2) is 32.7 Å². The van der Waals surface area contributed by atoms with E-state index in [-0.39, 0.29) is 18.4 Å². The zero-order valence-electron chi connectivity index (χ0n) is 16.8. The van der Waals surface area contributed by atoms with E-state index in [2.05, 4.69) is 26.0 Å². The number of H-pyrrole nitrogens is 1. The van der Waals surface area contributed by atoms with Crippen molar-refractivity contribution in [2.45, 2.75) is 32.2 Å². The lowest BCUT2D eigenvalue weighted by molar-refractivity contribution is -0.141. The highest BCUT2D eigenvalue weighted by atomic mass is 79.9. The smallest absolute Gasteiger partial charge is 0.303 e. The van der Waals surface area contributed by atoms with E-state index in [1.165, 1.54) is 5.01 Å². The first-order chi connectivity index (χ1) is 14.8. The third kappa shape index (κ3) is 4.44. The van der Waals surface area contributed by atoms with E-state index in [9.17, 15) is 14.4 Å². The van der Waals surface area contributed by atoms with Gasteiger partial charge in [0.05, 0.1) is 18.2 Å². The van der Waals surface area contributed by atoms with Gasteiger partial charge in [-0.25, -0.2) is 5.01 Å². The number of aromatic amines is 1. The molecule has 2 heterocycles. The average molecular weight is 482 g/mol. The SMILES string of the molecule is Cc1ccc2cc([C@@H]3CC(c4ccc(Br)cc4)=NN3C(=O)CCC(=O)O)c(=O)[nH]c2c1. The largest absolute Gasteiger partial charge is 0.481 e. The molecule has 2 aromatic carbocycles. The second kappa shape index (κ2) is 8.47. The Morgan fingerprint density at radius 3 is 2.61 bits per heavy atom. The van der Waals surface area contributed by atoms with Crippen molar-refractivity contribution in [2.75, 3.05) is 0 Å². The number of rotatable bonds is 5. The summed E-state index contributed by atoms with van der Waals surface area (Å²) >= 11 is 3.40. The van der Waals surface area contributed by atoms with Crippen LogP contribution in [0.2, 0.25) is 0 Å². The standard InChI is InChI=1S/C23H20BrN3O4/c1-13-2-3-15-11-17(23(31)25-18(15)10-13)20-12-19(14-4-6-16(24)7-5-14)26-27(20)21(28)8-9-22(29)30/h2-7,10-11,20H,8-9,12H2,1H3,(H,25,31)(H,29,30)/t20-/m0/s1. The van der Waals surface area contributed by atoms with Crippen LogP contribution in [0.3, 0.4) is 0 Å². The maximum atomic E-state index is 12.9. The fourth-order valence-corrected chi connectivity index (χ4v) is 3.97. The summed E-state index contributed by atoms with van der Waals surface area (Å²) in [6.45, 7) is 1.95. The van der Waals surface area contributed by atoms with Crippen LogP contribution in [0.15, 0.2) is 62.9 Å². The molecule has 4 rings (SSSR count). The number of aliphatic carboxylic acids is 1. The van der Waals surface area contributed by atoms with Crippen LogP contribution in [0.25, 0.3) is 10.9 Å². The fraction of sp³-hybridized carbons (Fsp3) is 0.217. The lowest BCUT2D eigenvalue weighted by atomic mass is 9.98. The van der Waals surface area contributed by atoms with Crippen LogP contribution in [-0.2, 0) is 9.59 Å². The number of nitrogens with zero attached hydrogens (tertiary/aromatic N) is 2. The average Bonchev–Trinajstić information content (AvgIpc) is 3.17. The van der Waals surface area contributed by atoms with Crippen LogP contribution in [0.1, 0.15) is 42.0 Å². The first kappa shape index (κ1) is 21.0. The highest BCUT2D eigenvalue weighted by Gasteiger charge is 2.34. The highest BCUT2D eigenvalue weighted by molar-refractivity contribution is 9.10. The number of aromatic nitrogens is 1. The molecule has 0 saturated carbocycles. The van der Waals surface area contributed by atoms with Crippen LogP contribution >= 0.6 is 15.9 Å². The molecule has 0 spiro atoms. The Bertz CT molecular complexity index is 1260. The lowest BCUT2D eigenvalue weighted by Gasteiger charge is -2.21. The summed E-state index contributed by atoms with van der Waals surface area (Å²) in [5, 5.41) is 15.6. The monoisotopic (exact) mass is 481 g/mol. The number of hydrogen-bond donors (Lipinski definition) is 2. The number of amides is 1. The molecule has 0 fully saturated rings. The maximum absolute atomic E-state index is 12.9. The predicted molar refractivity (Wildman–Crippen MR) is 121 cm³/mol. The molecule has 0 aliphatic carbocycles. The third-order valence-corrected chi connectivity index (χ3v) is 5.81. The number of pyridine rings is 1. The van der Waals surface area contributed by atoms with Crippen molar-refractivity contribution in [3.8, 4) is 0 Å². The third-order valence-electron chi connectivity index (χ3n) is 5.29. The number of halogens is 1. The van der Waals surface area contributed by atoms with E-state index in [4.69, 9.17) is 5.11 Å². The Morgan fingerprint density at radius 2 is 1.90 bits per heavy atom. The molecule has 3 aromatic rings. The van der Waals surface area contributed by atoms with Gasteiger partial charge >= 0.3 is 5.97 Å². The minimum absolute atomic E-state index is 0.187. The summed E-state index contributed by atoms with van der Waals surface area (Å²) < 4.78 is 0.919. The van der Waals surface area contributed by atoms with Gasteiger partial charge in [-0.15, -0.1) is 0 Å². The zero-order valence-corrected chi connectivity index (χ0v) is 18.3. The number of hydrogen-bond acceptors (Lipinski definition) is 4. The van der Waals surface area contributed by atoms with Gasteiger partial charge in [-0.1, -0.05) is 40.2 Å². The number of benzene rings is 2. The molecule has 8 heteroatoms. The van der Waals surface area contributed by atoms with Crippen molar-refractivity contribution < 1.29 is 14.7 Å². The Labute approximate surface area is 186 Å². The second-order valence-corrected chi connectivity index (χ2v) is 8.47. The van der Waals surface area contributed by atoms with Gasteiger partial charge in [0, 0.05) is 28.4 Å². The minimum atomic E-state index is -1.06. The Hall–Kier alpha value is -3.26. The van der Waals surface area contributed by atoms with E-state index >= 15 is 0 Å². The van der Waals surface area contributed by atoms with Crippen LogP contribution in [0.4, 0.5) is 0 Å². The van der Waals surface area contributed by atoms with E-state index < -0.39 is 17.9 Å². The summed E-state index contributed by atoms with van der Waals surface area (Å²) in [4.78, 5) is 39.6. The number of fused-ring (bicyclic) bond motifs is 1. The second-order valence-electron chi connectivity index (χ2n) is 7.55. The van der Waals surface area contributed by atoms with Crippen molar-refractivity contribution in [1.82, 2.24) is 9.99 Å². The molecule has 1 atom stereocenters. The van der Waals surface area contributed by atoms with E-state index in [1.54, 1.807) is 6.07 Å². The van der Waals surface area contributed by atoms with Crippen molar-refractivity contribution >= 4 is 44.4 Å². The maximum Gasteiger partial charge on any atom is 0.303 e. The summed E-state index contributed by atoms with van der Waals surface area (Å²) in [5.74, 6) is -1.48. The lowest BCUT2D eigenvalue weighted by Crippen LogP contribution is -2.31. The van der Waals surface area contributed by atoms with Crippen LogP contribution in [0.5, 0.6) is 0 Å². The molecule has 1 aliphatic rings. The van der Waals surface area contributed by atoms with Gasteiger partial charge in [0.25, 0.3) is 5.56 Å². The fourth-order valence-electron chi connectivity index (χ4n) is 3.71. The molecule has 0 bridgehead atoms.